The molecule has 0 atom stereocenters. The summed E-state index contributed by atoms with van der Waals surface area (Å²) in [6.45, 7) is 5.56. The molecule has 0 aliphatic rings. The molecule has 0 saturated carbocycles. The molecule has 2 aromatic rings. The van der Waals surface area contributed by atoms with E-state index in [0.29, 0.717) is 5.56 Å². The maximum absolute atomic E-state index is 13.2. The Kier molecular flexibility index (Phi) is 7.99. The van der Waals surface area contributed by atoms with Crippen LogP contribution in [0.1, 0.15) is 26.3 Å². The first-order valence-electron chi connectivity index (χ1n) is 8.17. The molecule has 0 heterocycles. The van der Waals surface area contributed by atoms with Crippen LogP contribution in [-0.4, -0.2) is 25.2 Å². The van der Waals surface area contributed by atoms with Crippen molar-refractivity contribution in [2.45, 2.75) is 32.5 Å². The minimum atomic E-state index is -4.56. The van der Waals surface area contributed by atoms with Crippen molar-refractivity contribution in [1.82, 2.24) is 0 Å². The molecule has 0 aromatic heterocycles. The topological polar surface area (TPSA) is 61.5 Å². The highest BCUT2D eigenvalue weighted by Crippen LogP contribution is 2.39. The third-order valence-electron chi connectivity index (χ3n) is 2.88. The number of nitrogens with two attached hydrogens (primary N) is 1. The number of carbonyl (C=O) groups excluding carboxylic acids is 1. The number of hydrogen-bond acceptors (Lipinski definition) is 4. The molecule has 0 aliphatic carbocycles. The van der Waals surface area contributed by atoms with Crippen LogP contribution in [0.5, 0.6) is 5.75 Å². The van der Waals surface area contributed by atoms with Crippen LogP contribution in [0.15, 0.2) is 48.5 Å². The third kappa shape index (κ3) is 8.70. The quantitative estimate of drug-likeness (QED) is 0.616. The Balaban J connectivity index is 0.000000646. The van der Waals surface area contributed by atoms with E-state index in [1.165, 1.54) is 19.2 Å². The Bertz CT molecular complexity index is 732. The van der Waals surface area contributed by atoms with E-state index in [-0.39, 0.29) is 23.5 Å². The molecular formula is C20H24F3NO3. The number of rotatable bonds is 4. The number of halogens is 3. The molecule has 2 N–H and O–H groups in total. The Hall–Kier alpha value is -2.38. The highest BCUT2D eigenvalue weighted by atomic mass is 19.4. The fourth-order valence-electron chi connectivity index (χ4n) is 1.97. The van der Waals surface area contributed by atoms with E-state index < -0.39 is 17.7 Å². The number of hydrogen-bond donors (Lipinski definition) is 1. The van der Waals surface area contributed by atoms with Gasteiger partial charge in [-0.1, -0.05) is 36.4 Å². The molecule has 4 nitrogen and oxygen atoms in total. The average molecular weight is 383 g/mol. The van der Waals surface area contributed by atoms with Gasteiger partial charge < -0.3 is 15.2 Å². The van der Waals surface area contributed by atoms with Crippen molar-refractivity contribution in [3.05, 3.63) is 54.1 Å². The second-order valence-corrected chi connectivity index (χ2v) is 6.84. The standard InChI is InChI=1S/C16H13F3O3.C4H11N/c1-21-10-15(20)22-12-7-8-13(11-5-3-2-4-6-11)14(9-12)16(17,18)19;1-4(2,3)5/h2-9H,10H2,1H3;5H2,1-3H3. The van der Waals surface area contributed by atoms with Crippen molar-refractivity contribution < 1.29 is 27.4 Å². The van der Waals surface area contributed by atoms with Crippen molar-refractivity contribution in [3.8, 4) is 16.9 Å². The molecule has 0 bridgehead atoms. The van der Waals surface area contributed by atoms with Crippen molar-refractivity contribution in [3.63, 3.8) is 0 Å². The molecule has 7 heteroatoms. The Morgan fingerprint density at radius 3 is 2.07 bits per heavy atom. The Morgan fingerprint density at radius 1 is 1.04 bits per heavy atom. The highest BCUT2D eigenvalue weighted by Gasteiger charge is 2.34. The molecule has 0 spiro atoms. The maximum atomic E-state index is 13.2. The van der Waals surface area contributed by atoms with Gasteiger partial charge in [0.1, 0.15) is 12.4 Å². The molecule has 0 radical (unpaired) electrons. The first-order valence-corrected chi connectivity index (χ1v) is 8.17. The number of benzene rings is 2. The third-order valence-corrected chi connectivity index (χ3v) is 2.88. The van der Waals surface area contributed by atoms with E-state index in [1.807, 2.05) is 20.8 Å². The molecule has 0 aliphatic heterocycles. The molecule has 0 unspecified atom stereocenters. The molecule has 27 heavy (non-hydrogen) atoms. The number of esters is 1. The zero-order valence-corrected chi connectivity index (χ0v) is 15.8. The lowest BCUT2D eigenvalue weighted by atomic mass is 9.99. The monoisotopic (exact) mass is 383 g/mol. The van der Waals surface area contributed by atoms with Gasteiger partial charge >= 0.3 is 12.1 Å². The van der Waals surface area contributed by atoms with Crippen molar-refractivity contribution in [1.29, 1.82) is 0 Å². The summed E-state index contributed by atoms with van der Waals surface area (Å²) >= 11 is 0. The van der Waals surface area contributed by atoms with Gasteiger partial charge in [-0.15, -0.1) is 0 Å². The summed E-state index contributed by atoms with van der Waals surface area (Å²) in [5.41, 5.74) is 4.96. The number of carbonyl (C=O) groups is 1. The first-order chi connectivity index (χ1) is 12.4. The van der Waals surface area contributed by atoms with Crippen LogP contribution >= 0.6 is 0 Å². The van der Waals surface area contributed by atoms with Gasteiger partial charge in [-0.25, -0.2) is 4.79 Å². The maximum Gasteiger partial charge on any atom is 0.417 e. The Labute approximate surface area is 157 Å². The van der Waals surface area contributed by atoms with Gasteiger partial charge in [0.25, 0.3) is 0 Å². The van der Waals surface area contributed by atoms with E-state index in [0.717, 1.165) is 6.07 Å². The number of methoxy groups -OCH3 is 1. The highest BCUT2D eigenvalue weighted by molar-refractivity contribution is 5.75. The van der Waals surface area contributed by atoms with Crippen molar-refractivity contribution >= 4 is 5.97 Å². The summed E-state index contributed by atoms with van der Waals surface area (Å²) in [4.78, 5) is 11.3. The molecule has 0 saturated heterocycles. The van der Waals surface area contributed by atoms with Crippen LogP contribution in [0.4, 0.5) is 13.2 Å². The smallest absolute Gasteiger partial charge is 0.417 e. The van der Waals surface area contributed by atoms with Crippen LogP contribution in [0.3, 0.4) is 0 Å². The lowest BCUT2D eigenvalue weighted by Gasteiger charge is -2.14. The number of alkyl halides is 3. The predicted molar refractivity (Wildman–Crippen MR) is 98.3 cm³/mol. The second-order valence-electron chi connectivity index (χ2n) is 6.84. The van der Waals surface area contributed by atoms with Crippen LogP contribution in [-0.2, 0) is 15.7 Å². The normalized spacial score (nSPS) is 11.4. The summed E-state index contributed by atoms with van der Waals surface area (Å²) in [5.74, 6) is -0.933. The Morgan fingerprint density at radius 2 is 1.59 bits per heavy atom. The second kappa shape index (κ2) is 9.53. The van der Waals surface area contributed by atoms with Gasteiger partial charge in [-0.3, -0.25) is 0 Å². The van der Waals surface area contributed by atoms with Crippen molar-refractivity contribution in [2.24, 2.45) is 5.73 Å². The van der Waals surface area contributed by atoms with Gasteiger partial charge in [0.15, 0.2) is 0 Å². The van der Waals surface area contributed by atoms with Crippen LogP contribution in [0.25, 0.3) is 11.1 Å². The summed E-state index contributed by atoms with van der Waals surface area (Å²) in [7, 11) is 1.29. The van der Waals surface area contributed by atoms with E-state index in [4.69, 9.17) is 10.5 Å². The molecule has 2 aromatic carbocycles. The zero-order valence-electron chi connectivity index (χ0n) is 15.8. The van der Waals surface area contributed by atoms with Gasteiger partial charge in [0.05, 0.1) is 5.56 Å². The average Bonchev–Trinajstić information content (AvgIpc) is 2.53. The van der Waals surface area contributed by atoms with Gasteiger partial charge in [0.2, 0.25) is 0 Å². The summed E-state index contributed by atoms with van der Waals surface area (Å²) < 4.78 is 49.1. The molecule has 2 rings (SSSR count). The zero-order chi connectivity index (χ0) is 20.7. The largest absolute Gasteiger partial charge is 0.425 e. The van der Waals surface area contributed by atoms with E-state index in [9.17, 15) is 18.0 Å². The summed E-state index contributed by atoms with van der Waals surface area (Å²) in [6, 6.07) is 11.6. The SMILES string of the molecule is CC(C)(C)N.COCC(=O)Oc1ccc(-c2ccccc2)c(C(F)(F)F)c1. The van der Waals surface area contributed by atoms with Gasteiger partial charge in [-0.2, -0.15) is 13.2 Å². The van der Waals surface area contributed by atoms with E-state index in [2.05, 4.69) is 4.74 Å². The van der Waals surface area contributed by atoms with Crippen LogP contribution in [0, 0.1) is 0 Å². The fourth-order valence-corrected chi connectivity index (χ4v) is 1.97. The van der Waals surface area contributed by atoms with Crippen LogP contribution in [0.2, 0.25) is 0 Å². The summed E-state index contributed by atoms with van der Waals surface area (Å²) in [6.07, 6.45) is -4.56. The van der Waals surface area contributed by atoms with E-state index in [1.54, 1.807) is 30.3 Å². The van der Waals surface area contributed by atoms with Crippen LogP contribution < -0.4 is 10.5 Å². The lowest BCUT2D eigenvalue weighted by molar-refractivity contribution is -0.140. The summed E-state index contributed by atoms with van der Waals surface area (Å²) in [5, 5.41) is 0. The van der Waals surface area contributed by atoms with E-state index >= 15 is 0 Å². The molecule has 0 amide bonds. The molecule has 148 valence electrons. The van der Waals surface area contributed by atoms with Gasteiger partial charge in [-0.05, 0) is 44.0 Å². The molecular weight excluding hydrogens is 359 g/mol. The number of ether oxygens (including phenoxy) is 2. The predicted octanol–water partition coefficient (Wildman–Crippen LogP) is 4.67. The van der Waals surface area contributed by atoms with Gasteiger partial charge in [0, 0.05) is 12.6 Å². The minimum Gasteiger partial charge on any atom is -0.425 e. The first kappa shape index (κ1) is 22.7. The van der Waals surface area contributed by atoms with Crippen molar-refractivity contribution in [2.75, 3.05) is 13.7 Å². The fraction of sp³-hybridized carbons (Fsp3) is 0.350. The minimum absolute atomic E-state index is 0. The molecule has 0 fully saturated rings. The lowest BCUT2D eigenvalue weighted by Crippen LogP contribution is -2.26.